The summed E-state index contributed by atoms with van der Waals surface area (Å²) in [6.45, 7) is 0.847. The zero-order valence-corrected chi connectivity index (χ0v) is 11.2. The first-order valence-corrected chi connectivity index (χ1v) is 7.08. The summed E-state index contributed by atoms with van der Waals surface area (Å²) in [4.78, 5) is 14.7. The second-order valence-corrected chi connectivity index (χ2v) is 5.67. The molecule has 0 atom stereocenters. The molecule has 1 aromatic heterocycles. The molecule has 0 unspecified atom stereocenters. The predicted molar refractivity (Wildman–Crippen MR) is 74.1 cm³/mol. The Bertz CT molecular complexity index is 639. The number of rotatable bonds is 2. The topological polar surface area (TPSA) is 61.9 Å². The van der Waals surface area contributed by atoms with Crippen molar-refractivity contribution in [2.24, 2.45) is 0 Å². The number of aromatic amines is 1. The molecule has 4 rings (SSSR count). The van der Waals surface area contributed by atoms with E-state index in [1.54, 1.807) is 0 Å². The Morgan fingerprint density at radius 2 is 1.95 bits per heavy atom. The van der Waals surface area contributed by atoms with Crippen molar-refractivity contribution in [3.8, 4) is 11.3 Å². The van der Waals surface area contributed by atoms with Gasteiger partial charge in [0, 0.05) is 17.6 Å². The Balaban J connectivity index is 1.67. The molecule has 1 amide bonds. The fourth-order valence-electron chi connectivity index (χ4n) is 3.27. The first-order valence-electron chi connectivity index (χ1n) is 7.08. The van der Waals surface area contributed by atoms with E-state index >= 15 is 0 Å². The summed E-state index contributed by atoms with van der Waals surface area (Å²) in [6.07, 6.45) is 4.64. The van der Waals surface area contributed by atoms with E-state index in [9.17, 15) is 4.79 Å². The van der Waals surface area contributed by atoms with Gasteiger partial charge in [0.2, 0.25) is 0 Å². The lowest BCUT2D eigenvalue weighted by Crippen LogP contribution is -2.65. The van der Waals surface area contributed by atoms with Crippen LogP contribution in [-0.4, -0.2) is 38.3 Å². The van der Waals surface area contributed by atoms with Crippen molar-refractivity contribution in [3.05, 3.63) is 36.0 Å². The van der Waals surface area contributed by atoms with Gasteiger partial charge in [-0.25, -0.2) is 0 Å². The van der Waals surface area contributed by atoms with Gasteiger partial charge in [0.05, 0.1) is 0 Å². The van der Waals surface area contributed by atoms with Gasteiger partial charge in [-0.1, -0.05) is 30.3 Å². The first-order chi connectivity index (χ1) is 9.80. The molecule has 20 heavy (non-hydrogen) atoms. The molecule has 1 aliphatic heterocycles. The van der Waals surface area contributed by atoms with E-state index < -0.39 is 0 Å². The Labute approximate surface area is 117 Å². The van der Waals surface area contributed by atoms with E-state index in [-0.39, 0.29) is 11.4 Å². The molecule has 2 heterocycles. The molecule has 1 saturated carbocycles. The van der Waals surface area contributed by atoms with Crippen LogP contribution in [0.4, 0.5) is 0 Å². The maximum absolute atomic E-state index is 12.7. The summed E-state index contributed by atoms with van der Waals surface area (Å²) >= 11 is 0. The fraction of sp³-hybridized carbons (Fsp3) is 0.400. The Morgan fingerprint density at radius 3 is 2.55 bits per heavy atom. The number of likely N-dealkylation sites (tertiary alicyclic amines) is 1. The van der Waals surface area contributed by atoms with Gasteiger partial charge < -0.3 is 4.90 Å². The summed E-state index contributed by atoms with van der Waals surface area (Å²) in [7, 11) is 0. The van der Waals surface area contributed by atoms with Crippen LogP contribution in [-0.2, 0) is 0 Å². The van der Waals surface area contributed by atoms with Gasteiger partial charge in [-0.2, -0.15) is 15.4 Å². The van der Waals surface area contributed by atoms with Crippen molar-refractivity contribution >= 4 is 5.91 Å². The lowest BCUT2D eigenvalue weighted by atomic mass is 9.67. The number of nitrogens with one attached hydrogen (secondary N) is 1. The number of hydrogen-bond acceptors (Lipinski definition) is 3. The van der Waals surface area contributed by atoms with E-state index in [1.165, 1.54) is 6.42 Å². The molecule has 5 heteroatoms. The fourth-order valence-corrected chi connectivity index (χ4v) is 3.27. The third kappa shape index (κ3) is 1.52. The SMILES string of the molecule is O=C(c1n[nH]nc1-c1ccccc1)N1CCC12CCC2. The van der Waals surface area contributed by atoms with Crippen LogP contribution in [0, 0.1) is 0 Å². The summed E-state index contributed by atoms with van der Waals surface area (Å²) in [6, 6.07) is 9.72. The monoisotopic (exact) mass is 268 g/mol. The number of benzene rings is 1. The van der Waals surface area contributed by atoms with Crippen LogP contribution in [0.5, 0.6) is 0 Å². The molecule has 1 aliphatic carbocycles. The quantitative estimate of drug-likeness (QED) is 0.908. The molecule has 1 N–H and O–H groups in total. The summed E-state index contributed by atoms with van der Waals surface area (Å²) in [5, 5.41) is 10.8. The molecule has 0 radical (unpaired) electrons. The molecule has 1 aromatic carbocycles. The first kappa shape index (κ1) is 11.6. The molecule has 1 saturated heterocycles. The molecule has 5 nitrogen and oxygen atoms in total. The van der Waals surface area contributed by atoms with Crippen molar-refractivity contribution in [2.75, 3.05) is 6.54 Å². The van der Waals surface area contributed by atoms with Crippen LogP contribution in [0.1, 0.15) is 36.2 Å². The standard InChI is InChI=1S/C15H16N4O/c20-14(19-10-9-15(19)7-4-8-15)13-12(16-18-17-13)11-5-2-1-3-6-11/h1-3,5-6H,4,7-10H2,(H,16,17,18). The Morgan fingerprint density at radius 1 is 1.15 bits per heavy atom. The van der Waals surface area contributed by atoms with Crippen molar-refractivity contribution in [1.29, 1.82) is 0 Å². The summed E-state index contributed by atoms with van der Waals surface area (Å²) in [5.41, 5.74) is 2.16. The third-order valence-electron chi connectivity index (χ3n) is 4.70. The van der Waals surface area contributed by atoms with E-state index in [0.717, 1.165) is 31.4 Å². The molecule has 2 fully saturated rings. The van der Waals surface area contributed by atoms with Gasteiger partial charge in [0.15, 0.2) is 5.69 Å². The minimum atomic E-state index is 0.0172. The lowest BCUT2D eigenvalue weighted by Gasteiger charge is -2.58. The van der Waals surface area contributed by atoms with Crippen molar-refractivity contribution in [2.45, 2.75) is 31.2 Å². The van der Waals surface area contributed by atoms with Crippen LogP contribution in [0.3, 0.4) is 0 Å². The highest BCUT2D eigenvalue weighted by Crippen LogP contribution is 2.47. The minimum Gasteiger partial charge on any atom is -0.331 e. The second-order valence-electron chi connectivity index (χ2n) is 5.67. The zero-order chi connectivity index (χ0) is 13.6. The molecule has 0 bridgehead atoms. The van der Waals surface area contributed by atoms with E-state index in [1.807, 2.05) is 35.2 Å². The number of H-pyrrole nitrogens is 1. The number of carbonyl (C=O) groups is 1. The number of amides is 1. The van der Waals surface area contributed by atoms with Crippen molar-refractivity contribution < 1.29 is 4.79 Å². The van der Waals surface area contributed by atoms with Gasteiger partial charge in [-0.05, 0) is 25.7 Å². The summed E-state index contributed by atoms with van der Waals surface area (Å²) in [5.74, 6) is 0.0172. The number of hydrogen-bond donors (Lipinski definition) is 1. The zero-order valence-electron chi connectivity index (χ0n) is 11.2. The maximum atomic E-state index is 12.7. The average Bonchev–Trinajstić information content (AvgIpc) is 2.86. The van der Waals surface area contributed by atoms with Crippen LogP contribution < -0.4 is 0 Å². The average molecular weight is 268 g/mol. The van der Waals surface area contributed by atoms with Gasteiger partial charge in [0.1, 0.15) is 5.69 Å². The minimum absolute atomic E-state index is 0.0172. The largest absolute Gasteiger partial charge is 0.331 e. The van der Waals surface area contributed by atoms with Crippen LogP contribution in [0.15, 0.2) is 30.3 Å². The normalized spacial score (nSPS) is 19.5. The predicted octanol–water partition coefficient (Wildman–Crippen LogP) is 2.24. The highest BCUT2D eigenvalue weighted by Gasteiger charge is 2.52. The van der Waals surface area contributed by atoms with E-state index in [0.29, 0.717) is 11.4 Å². The smallest absolute Gasteiger partial charge is 0.277 e. The summed E-state index contributed by atoms with van der Waals surface area (Å²) < 4.78 is 0. The molecule has 2 aromatic rings. The molecule has 102 valence electrons. The Kier molecular flexibility index (Phi) is 2.42. The highest BCUT2D eigenvalue weighted by molar-refractivity contribution is 5.98. The van der Waals surface area contributed by atoms with Gasteiger partial charge in [-0.15, -0.1) is 0 Å². The van der Waals surface area contributed by atoms with Crippen molar-refractivity contribution in [1.82, 2.24) is 20.3 Å². The van der Waals surface area contributed by atoms with Crippen LogP contribution >= 0.6 is 0 Å². The number of carbonyl (C=O) groups excluding carboxylic acids is 1. The lowest BCUT2D eigenvalue weighted by molar-refractivity contribution is -0.0490. The second kappa shape index (κ2) is 4.16. The maximum Gasteiger partial charge on any atom is 0.277 e. The third-order valence-corrected chi connectivity index (χ3v) is 4.70. The molecular weight excluding hydrogens is 252 g/mol. The van der Waals surface area contributed by atoms with E-state index in [4.69, 9.17) is 0 Å². The number of aromatic nitrogens is 3. The number of nitrogens with zero attached hydrogens (tertiary/aromatic N) is 3. The van der Waals surface area contributed by atoms with Crippen LogP contribution in [0.25, 0.3) is 11.3 Å². The van der Waals surface area contributed by atoms with Gasteiger partial charge in [0.25, 0.3) is 5.91 Å². The molecule has 1 spiro atoms. The highest BCUT2D eigenvalue weighted by atomic mass is 16.2. The van der Waals surface area contributed by atoms with Gasteiger partial charge >= 0.3 is 0 Å². The van der Waals surface area contributed by atoms with E-state index in [2.05, 4.69) is 15.4 Å². The molecular formula is C15H16N4O. The Hall–Kier alpha value is -2.17. The van der Waals surface area contributed by atoms with Gasteiger partial charge in [-0.3, -0.25) is 4.79 Å². The molecule has 2 aliphatic rings. The van der Waals surface area contributed by atoms with Crippen LogP contribution in [0.2, 0.25) is 0 Å². The van der Waals surface area contributed by atoms with Crippen molar-refractivity contribution in [3.63, 3.8) is 0 Å².